The third-order valence-corrected chi connectivity index (χ3v) is 4.00. The third kappa shape index (κ3) is 4.46. The van der Waals surface area contributed by atoms with E-state index in [4.69, 9.17) is 5.73 Å². The van der Waals surface area contributed by atoms with Gasteiger partial charge >= 0.3 is 0 Å². The molecular weight excluding hydrogens is 382 g/mol. The molecule has 2 aliphatic rings. The minimum absolute atomic E-state index is 0. The molecule has 3 rings (SSSR count). The largest absolute Gasteiger partial charge is 0.370 e. The molecule has 1 aliphatic heterocycles. The van der Waals surface area contributed by atoms with Gasteiger partial charge in [0.25, 0.3) is 0 Å². The summed E-state index contributed by atoms with van der Waals surface area (Å²) in [7, 11) is 0. The second-order valence-electron chi connectivity index (χ2n) is 5.59. The van der Waals surface area contributed by atoms with E-state index in [1.54, 1.807) is 0 Å². The fourth-order valence-electron chi connectivity index (χ4n) is 2.47. The van der Waals surface area contributed by atoms with Crippen LogP contribution in [0.25, 0.3) is 0 Å². The van der Waals surface area contributed by atoms with E-state index in [2.05, 4.69) is 14.8 Å². The highest BCUT2D eigenvalue weighted by molar-refractivity contribution is 14.0. The molecule has 0 spiro atoms. The Balaban J connectivity index is 0.00000161. The van der Waals surface area contributed by atoms with Gasteiger partial charge in [-0.15, -0.1) is 24.0 Å². The average molecular weight is 404 g/mol. The molecule has 0 radical (unpaired) electrons. The molecule has 2 fully saturated rings. The quantitative estimate of drug-likeness (QED) is 0.478. The normalized spacial score (nSPS) is 19.4. The van der Waals surface area contributed by atoms with E-state index in [1.807, 2.05) is 12.1 Å². The Hall–Kier alpha value is -1.05. The summed E-state index contributed by atoms with van der Waals surface area (Å²) in [5.74, 6) is 1.26. The number of piperazine rings is 1. The first kappa shape index (κ1) is 16.3. The van der Waals surface area contributed by atoms with Crippen LogP contribution in [-0.2, 0) is 0 Å². The third-order valence-electron chi connectivity index (χ3n) is 4.00. The van der Waals surface area contributed by atoms with Crippen LogP contribution in [0.3, 0.4) is 0 Å². The van der Waals surface area contributed by atoms with Crippen molar-refractivity contribution in [3.63, 3.8) is 0 Å². The highest BCUT2D eigenvalue weighted by Gasteiger charge is 2.22. The number of aliphatic imine (C=N–C) groups is 1. The molecule has 1 aromatic carbocycles. The highest BCUT2D eigenvalue weighted by Crippen LogP contribution is 2.28. The Morgan fingerprint density at radius 2 is 1.76 bits per heavy atom. The van der Waals surface area contributed by atoms with Crippen LogP contribution in [-0.4, -0.2) is 43.6 Å². The van der Waals surface area contributed by atoms with Crippen molar-refractivity contribution in [3.8, 4) is 0 Å². The van der Waals surface area contributed by atoms with Crippen LogP contribution in [0.5, 0.6) is 0 Å². The summed E-state index contributed by atoms with van der Waals surface area (Å²) in [6, 6.07) is 6.67. The smallest absolute Gasteiger partial charge is 0.191 e. The number of halogens is 2. The van der Waals surface area contributed by atoms with Crippen molar-refractivity contribution in [2.24, 2.45) is 16.6 Å². The molecule has 6 heteroatoms. The molecule has 0 atom stereocenters. The lowest BCUT2D eigenvalue weighted by Gasteiger charge is -2.36. The van der Waals surface area contributed by atoms with Gasteiger partial charge in [-0.05, 0) is 43.0 Å². The Morgan fingerprint density at radius 1 is 1.14 bits per heavy atom. The maximum atomic E-state index is 12.9. The predicted octanol–water partition coefficient (Wildman–Crippen LogP) is 2.29. The van der Waals surface area contributed by atoms with Crippen molar-refractivity contribution in [2.45, 2.75) is 12.8 Å². The minimum Gasteiger partial charge on any atom is -0.370 e. The van der Waals surface area contributed by atoms with Gasteiger partial charge in [-0.1, -0.05) is 0 Å². The number of hydrogen-bond donors (Lipinski definition) is 1. The van der Waals surface area contributed by atoms with Crippen LogP contribution in [0.4, 0.5) is 10.1 Å². The highest BCUT2D eigenvalue weighted by atomic mass is 127. The lowest BCUT2D eigenvalue weighted by molar-refractivity contribution is 0.380. The maximum Gasteiger partial charge on any atom is 0.191 e. The van der Waals surface area contributed by atoms with Gasteiger partial charge in [-0.25, -0.2) is 4.39 Å². The predicted molar refractivity (Wildman–Crippen MR) is 94.8 cm³/mol. The van der Waals surface area contributed by atoms with E-state index in [0.717, 1.165) is 44.3 Å². The Morgan fingerprint density at radius 3 is 2.33 bits per heavy atom. The van der Waals surface area contributed by atoms with Gasteiger partial charge in [-0.2, -0.15) is 0 Å². The van der Waals surface area contributed by atoms with Crippen molar-refractivity contribution in [3.05, 3.63) is 30.1 Å². The fraction of sp³-hybridized carbons (Fsp3) is 0.533. The summed E-state index contributed by atoms with van der Waals surface area (Å²) >= 11 is 0. The topological polar surface area (TPSA) is 44.9 Å². The number of guanidine groups is 1. The standard InChI is InChI=1S/C15H21FN4.HI/c16-13-3-5-14(6-4-13)19-7-9-20(10-8-19)15(17)18-11-12-1-2-12;/h3-6,12H,1-2,7-11H2,(H2,17,18);1H. The lowest BCUT2D eigenvalue weighted by atomic mass is 10.2. The molecule has 2 N–H and O–H groups in total. The molecule has 116 valence electrons. The monoisotopic (exact) mass is 404 g/mol. The summed E-state index contributed by atoms with van der Waals surface area (Å²) in [6.45, 7) is 4.41. The molecule has 0 amide bonds. The second kappa shape index (κ2) is 7.29. The van der Waals surface area contributed by atoms with Gasteiger partial charge in [-0.3, -0.25) is 4.99 Å². The van der Waals surface area contributed by atoms with E-state index < -0.39 is 0 Å². The molecule has 0 bridgehead atoms. The van der Waals surface area contributed by atoms with Crippen molar-refractivity contribution >= 4 is 35.6 Å². The zero-order chi connectivity index (χ0) is 13.9. The van der Waals surface area contributed by atoms with Gasteiger partial charge in [0.2, 0.25) is 0 Å². The molecule has 0 aromatic heterocycles. The SMILES string of the molecule is I.NC(=NCC1CC1)N1CCN(c2ccc(F)cc2)CC1. The van der Waals surface area contributed by atoms with Crippen LogP contribution in [0, 0.1) is 11.7 Å². The minimum atomic E-state index is -0.191. The molecule has 1 aliphatic carbocycles. The fourth-order valence-corrected chi connectivity index (χ4v) is 2.47. The van der Waals surface area contributed by atoms with Crippen LogP contribution >= 0.6 is 24.0 Å². The summed E-state index contributed by atoms with van der Waals surface area (Å²) in [6.07, 6.45) is 2.60. The van der Waals surface area contributed by atoms with Gasteiger partial charge in [0, 0.05) is 38.4 Å². The van der Waals surface area contributed by atoms with Gasteiger partial charge in [0.15, 0.2) is 5.96 Å². The number of hydrogen-bond acceptors (Lipinski definition) is 2. The number of nitrogens with two attached hydrogens (primary N) is 1. The molecule has 21 heavy (non-hydrogen) atoms. The van der Waals surface area contributed by atoms with E-state index in [0.29, 0.717) is 5.96 Å². The summed E-state index contributed by atoms with van der Waals surface area (Å²) in [4.78, 5) is 8.87. The zero-order valence-corrected chi connectivity index (χ0v) is 14.4. The van der Waals surface area contributed by atoms with Gasteiger partial charge in [0.05, 0.1) is 0 Å². The van der Waals surface area contributed by atoms with Crippen LogP contribution < -0.4 is 10.6 Å². The lowest BCUT2D eigenvalue weighted by Crippen LogP contribution is -2.51. The number of nitrogens with zero attached hydrogens (tertiary/aromatic N) is 3. The molecule has 1 aromatic rings. The van der Waals surface area contributed by atoms with Crippen molar-refractivity contribution in [1.82, 2.24) is 4.90 Å². The van der Waals surface area contributed by atoms with Crippen molar-refractivity contribution < 1.29 is 4.39 Å². The van der Waals surface area contributed by atoms with Gasteiger partial charge < -0.3 is 15.5 Å². The molecule has 1 saturated carbocycles. The first-order chi connectivity index (χ1) is 9.72. The first-order valence-corrected chi connectivity index (χ1v) is 7.28. The molecule has 1 saturated heterocycles. The average Bonchev–Trinajstić information content (AvgIpc) is 3.30. The number of anilines is 1. The molecule has 4 nitrogen and oxygen atoms in total. The zero-order valence-electron chi connectivity index (χ0n) is 12.0. The molecule has 1 heterocycles. The number of benzene rings is 1. The number of rotatable bonds is 3. The summed E-state index contributed by atoms with van der Waals surface area (Å²) < 4.78 is 12.9. The Kier molecular flexibility index (Phi) is 5.66. The first-order valence-electron chi connectivity index (χ1n) is 7.28. The van der Waals surface area contributed by atoms with Crippen molar-refractivity contribution in [1.29, 1.82) is 0 Å². The van der Waals surface area contributed by atoms with E-state index >= 15 is 0 Å². The van der Waals surface area contributed by atoms with Crippen LogP contribution in [0.2, 0.25) is 0 Å². The maximum absolute atomic E-state index is 12.9. The van der Waals surface area contributed by atoms with Crippen LogP contribution in [0.1, 0.15) is 12.8 Å². The summed E-state index contributed by atoms with van der Waals surface area (Å²) in [5.41, 5.74) is 7.11. The summed E-state index contributed by atoms with van der Waals surface area (Å²) in [5, 5.41) is 0. The van der Waals surface area contributed by atoms with Crippen LogP contribution in [0.15, 0.2) is 29.3 Å². The van der Waals surface area contributed by atoms with E-state index in [-0.39, 0.29) is 29.8 Å². The molecular formula is C15H22FIN4. The van der Waals surface area contributed by atoms with Gasteiger partial charge in [0.1, 0.15) is 5.82 Å². The molecule has 0 unspecified atom stereocenters. The second-order valence-corrected chi connectivity index (χ2v) is 5.59. The van der Waals surface area contributed by atoms with E-state index in [9.17, 15) is 4.39 Å². The Bertz CT molecular complexity index is 479. The van der Waals surface area contributed by atoms with E-state index in [1.165, 1.54) is 25.0 Å². The Labute approximate surface area is 142 Å². The van der Waals surface area contributed by atoms with Crippen molar-refractivity contribution in [2.75, 3.05) is 37.6 Å².